The molecule has 1 aliphatic rings. The highest BCUT2D eigenvalue weighted by Crippen LogP contribution is 2.46. The van der Waals surface area contributed by atoms with Gasteiger partial charge in [0.05, 0.1) is 0 Å². The maximum Gasteiger partial charge on any atom is 0.120 e. The van der Waals surface area contributed by atoms with Gasteiger partial charge in [-0.1, -0.05) is 55.5 Å². The summed E-state index contributed by atoms with van der Waals surface area (Å²) in [5, 5.41) is 0.160. The van der Waals surface area contributed by atoms with E-state index in [4.69, 9.17) is 0 Å². The number of benzene rings is 2. The first kappa shape index (κ1) is 8.78. The van der Waals surface area contributed by atoms with Crippen molar-refractivity contribution in [3.05, 3.63) is 59.7 Å². The van der Waals surface area contributed by atoms with Crippen LogP contribution in [-0.2, 0) is 5.31 Å². The second-order valence-corrected chi connectivity index (χ2v) is 4.72. The third-order valence-electron chi connectivity index (χ3n) is 3.49. The molecule has 0 bridgehead atoms. The van der Waals surface area contributed by atoms with E-state index >= 15 is 0 Å². The van der Waals surface area contributed by atoms with Gasteiger partial charge in [0.1, 0.15) is 7.85 Å². The van der Waals surface area contributed by atoms with Crippen molar-refractivity contribution >= 4 is 7.85 Å². The molecule has 0 fully saturated rings. The van der Waals surface area contributed by atoms with Gasteiger partial charge < -0.3 is 0 Å². The standard InChI is InChI=1S/C14H13B/c1-14(15)12-8-4-2-6-10(12)11-7-3-5-9-13(11)14/h2-9H,15H2,1H3. The minimum absolute atomic E-state index is 0.160. The lowest BCUT2D eigenvalue weighted by Gasteiger charge is -2.21. The normalized spacial score (nSPS) is 15.8. The third kappa shape index (κ3) is 1.04. The first-order chi connectivity index (χ1) is 7.21. The molecule has 0 heterocycles. The fraction of sp³-hybridized carbons (Fsp3) is 0.143. The highest BCUT2D eigenvalue weighted by atomic mass is 14.3. The SMILES string of the molecule is BC1(C)c2ccccc2-c2ccccc21. The quantitative estimate of drug-likeness (QED) is 0.562. The van der Waals surface area contributed by atoms with E-state index in [1.807, 2.05) is 0 Å². The Morgan fingerprint density at radius 2 is 1.20 bits per heavy atom. The van der Waals surface area contributed by atoms with Crippen LogP contribution in [-0.4, -0.2) is 7.85 Å². The molecule has 1 heteroatoms. The van der Waals surface area contributed by atoms with Crippen molar-refractivity contribution < 1.29 is 0 Å². The van der Waals surface area contributed by atoms with Crippen LogP contribution in [0.3, 0.4) is 0 Å². The Bertz CT molecular complexity index is 479. The number of rotatable bonds is 0. The summed E-state index contributed by atoms with van der Waals surface area (Å²) in [6.45, 7) is 2.30. The van der Waals surface area contributed by atoms with Crippen LogP contribution in [0.5, 0.6) is 0 Å². The predicted molar refractivity (Wildman–Crippen MR) is 66.9 cm³/mol. The van der Waals surface area contributed by atoms with Gasteiger partial charge in [0, 0.05) is 0 Å². The van der Waals surface area contributed by atoms with Gasteiger partial charge in [0.2, 0.25) is 0 Å². The molecule has 0 atom stereocenters. The van der Waals surface area contributed by atoms with Gasteiger partial charge >= 0.3 is 0 Å². The lowest BCUT2D eigenvalue weighted by molar-refractivity contribution is 0.849. The average molecular weight is 192 g/mol. The monoisotopic (exact) mass is 192 g/mol. The minimum atomic E-state index is 0.160. The van der Waals surface area contributed by atoms with E-state index in [0.717, 1.165) is 0 Å². The minimum Gasteiger partial charge on any atom is -0.0619 e. The van der Waals surface area contributed by atoms with Crippen molar-refractivity contribution in [2.75, 3.05) is 0 Å². The Kier molecular flexibility index (Phi) is 1.61. The van der Waals surface area contributed by atoms with Gasteiger partial charge in [-0.25, -0.2) is 0 Å². The van der Waals surface area contributed by atoms with Crippen LogP contribution in [0, 0.1) is 0 Å². The number of hydrogen-bond donors (Lipinski definition) is 0. The summed E-state index contributed by atoms with van der Waals surface area (Å²) in [6.07, 6.45) is 0. The third-order valence-corrected chi connectivity index (χ3v) is 3.49. The summed E-state index contributed by atoms with van der Waals surface area (Å²) in [4.78, 5) is 0. The largest absolute Gasteiger partial charge is 0.120 e. The molecule has 0 N–H and O–H groups in total. The average Bonchev–Trinajstić information content (AvgIpc) is 2.51. The molecule has 2 aromatic rings. The molecule has 1 aliphatic carbocycles. The zero-order valence-corrected chi connectivity index (χ0v) is 9.12. The van der Waals surface area contributed by atoms with E-state index in [1.54, 1.807) is 0 Å². The number of hydrogen-bond acceptors (Lipinski definition) is 0. The first-order valence-electron chi connectivity index (χ1n) is 5.40. The summed E-state index contributed by atoms with van der Waals surface area (Å²) in [5.74, 6) is 0. The molecule has 2 aromatic carbocycles. The zero-order valence-electron chi connectivity index (χ0n) is 9.12. The molecule has 3 rings (SSSR count). The van der Waals surface area contributed by atoms with Crippen LogP contribution in [0.1, 0.15) is 18.1 Å². The Hall–Kier alpha value is -1.50. The Morgan fingerprint density at radius 1 is 0.800 bits per heavy atom. The smallest absolute Gasteiger partial charge is 0.0619 e. The van der Waals surface area contributed by atoms with E-state index in [-0.39, 0.29) is 5.31 Å². The van der Waals surface area contributed by atoms with Crippen molar-refractivity contribution in [3.63, 3.8) is 0 Å². The first-order valence-corrected chi connectivity index (χ1v) is 5.40. The summed E-state index contributed by atoms with van der Waals surface area (Å²) >= 11 is 0. The molecule has 72 valence electrons. The van der Waals surface area contributed by atoms with Crippen molar-refractivity contribution in [2.45, 2.75) is 12.2 Å². The summed E-state index contributed by atoms with van der Waals surface area (Å²) in [5.41, 5.74) is 5.70. The van der Waals surface area contributed by atoms with E-state index in [0.29, 0.717) is 0 Å². The van der Waals surface area contributed by atoms with Gasteiger partial charge in [0.15, 0.2) is 0 Å². The van der Waals surface area contributed by atoms with Crippen molar-refractivity contribution in [1.82, 2.24) is 0 Å². The topological polar surface area (TPSA) is 0 Å². The van der Waals surface area contributed by atoms with Gasteiger partial charge in [-0.2, -0.15) is 0 Å². The van der Waals surface area contributed by atoms with E-state index in [2.05, 4.69) is 63.3 Å². The molecule has 0 radical (unpaired) electrons. The highest BCUT2D eigenvalue weighted by Gasteiger charge is 2.34. The lowest BCUT2D eigenvalue weighted by atomic mass is 9.64. The van der Waals surface area contributed by atoms with Gasteiger partial charge in [0.25, 0.3) is 0 Å². The molecular formula is C14H13B. The van der Waals surface area contributed by atoms with Gasteiger partial charge in [-0.3, -0.25) is 0 Å². The van der Waals surface area contributed by atoms with Gasteiger partial charge in [-0.15, -0.1) is 0 Å². The molecule has 0 aliphatic heterocycles. The molecular weight excluding hydrogens is 179 g/mol. The lowest BCUT2D eigenvalue weighted by Crippen LogP contribution is -2.20. The van der Waals surface area contributed by atoms with Crippen LogP contribution in [0.15, 0.2) is 48.5 Å². The maximum absolute atomic E-state index is 2.30. The van der Waals surface area contributed by atoms with Crippen LogP contribution >= 0.6 is 0 Å². The Labute approximate surface area is 91.4 Å². The Balaban J connectivity index is 2.42. The molecule has 0 unspecified atom stereocenters. The van der Waals surface area contributed by atoms with Crippen LogP contribution < -0.4 is 0 Å². The second-order valence-electron chi connectivity index (χ2n) is 4.72. The summed E-state index contributed by atoms with van der Waals surface area (Å²) in [7, 11) is 2.30. The Morgan fingerprint density at radius 3 is 1.67 bits per heavy atom. The van der Waals surface area contributed by atoms with Crippen molar-refractivity contribution in [3.8, 4) is 11.1 Å². The van der Waals surface area contributed by atoms with E-state index in [1.165, 1.54) is 22.3 Å². The van der Waals surface area contributed by atoms with Crippen LogP contribution in [0.2, 0.25) is 0 Å². The van der Waals surface area contributed by atoms with E-state index < -0.39 is 0 Å². The summed E-state index contributed by atoms with van der Waals surface area (Å²) < 4.78 is 0. The molecule has 0 nitrogen and oxygen atoms in total. The maximum atomic E-state index is 2.30. The molecule has 0 aromatic heterocycles. The predicted octanol–water partition coefficient (Wildman–Crippen LogP) is 2.56. The fourth-order valence-electron chi connectivity index (χ4n) is 2.67. The van der Waals surface area contributed by atoms with Crippen LogP contribution in [0.25, 0.3) is 11.1 Å². The van der Waals surface area contributed by atoms with Crippen molar-refractivity contribution in [1.29, 1.82) is 0 Å². The summed E-state index contributed by atoms with van der Waals surface area (Å²) in [6, 6.07) is 17.4. The van der Waals surface area contributed by atoms with Crippen LogP contribution in [0.4, 0.5) is 0 Å². The zero-order chi connectivity index (χ0) is 10.5. The van der Waals surface area contributed by atoms with Gasteiger partial charge in [-0.05, 0) is 27.6 Å². The van der Waals surface area contributed by atoms with E-state index in [9.17, 15) is 0 Å². The molecule has 15 heavy (non-hydrogen) atoms. The van der Waals surface area contributed by atoms with Crippen molar-refractivity contribution in [2.24, 2.45) is 0 Å². The molecule has 0 saturated heterocycles. The molecule has 0 amide bonds. The molecule has 0 saturated carbocycles. The highest BCUT2D eigenvalue weighted by molar-refractivity contribution is 6.21. The fourth-order valence-corrected chi connectivity index (χ4v) is 2.67. The number of fused-ring (bicyclic) bond motifs is 3. The molecule has 0 spiro atoms. The second kappa shape index (κ2) is 2.76.